The minimum absolute atomic E-state index is 0. The Morgan fingerprint density at radius 2 is 1.89 bits per heavy atom. The van der Waals surface area contributed by atoms with Crippen molar-refractivity contribution < 1.29 is 14.3 Å². The SMILES string of the molecule is COC(=O)OC1=C(C)NC(C)=C(N)C1C(C)C.Cl. The second-order valence-electron chi connectivity index (χ2n) is 4.47. The quantitative estimate of drug-likeness (QED) is 0.758. The molecule has 1 rings (SSSR count). The molecule has 1 heterocycles. The van der Waals surface area contributed by atoms with Crippen LogP contribution in [-0.2, 0) is 9.47 Å². The van der Waals surface area contributed by atoms with E-state index in [2.05, 4.69) is 10.1 Å². The molecule has 0 saturated carbocycles. The van der Waals surface area contributed by atoms with Crippen molar-refractivity contribution in [1.29, 1.82) is 0 Å². The van der Waals surface area contributed by atoms with Crippen LogP contribution in [0.4, 0.5) is 4.79 Å². The fourth-order valence-electron chi connectivity index (χ4n) is 1.96. The summed E-state index contributed by atoms with van der Waals surface area (Å²) < 4.78 is 9.70. The fraction of sp³-hybridized carbons (Fsp3) is 0.583. The largest absolute Gasteiger partial charge is 0.513 e. The molecule has 3 N–H and O–H groups in total. The van der Waals surface area contributed by atoms with E-state index in [0.717, 1.165) is 11.4 Å². The van der Waals surface area contributed by atoms with Gasteiger partial charge in [-0.3, -0.25) is 0 Å². The Morgan fingerprint density at radius 3 is 2.33 bits per heavy atom. The van der Waals surface area contributed by atoms with Crippen LogP contribution in [0.5, 0.6) is 0 Å². The Hall–Kier alpha value is -1.36. The first-order chi connectivity index (χ1) is 7.88. The lowest BCUT2D eigenvalue weighted by molar-refractivity contribution is 0.0854. The van der Waals surface area contributed by atoms with Gasteiger partial charge >= 0.3 is 6.16 Å². The molecule has 1 aliphatic rings. The van der Waals surface area contributed by atoms with Crippen molar-refractivity contribution in [3.63, 3.8) is 0 Å². The second kappa shape index (κ2) is 6.54. The third kappa shape index (κ3) is 3.32. The zero-order valence-electron chi connectivity index (χ0n) is 11.4. The molecule has 0 fully saturated rings. The van der Waals surface area contributed by atoms with Gasteiger partial charge in [-0.25, -0.2) is 4.79 Å². The monoisotopic (exact) mass is 276 g/mol. The van der Waals surface area contributed by atoms with Crippen molar-refractivity contribution in [1.82, 2.24) is 5.32 Å². The zero-order chi connectivity index (χ0) is 13.2. The summed E-state index contributed by atoms with van der Waals surface area (Å²) in [4.78, 5) is 11.2. The number of ether oxygens (including phenoxy) is 2. The molecule has 0 spiro atoms. The van der Waals surface area contributed by atoms with Crippen molar-refractivity contribution in [2.24, 2.45) is 17.6 Å². The van der Waals surface area contributed by atoms with Gasteiger partial charge in [-0.15, -0.1) is 12.4 Å². The van der Waals surface area contributed by atoms with Crippen LogP contribution in [0.2, 0.25) is 0 Å². The summed E-state index contributed by atoms with van der Waals surface area (Å²) in [6.07, 6.45) is -0.723. The Labute approximate surface area is 114 Å². The summed E-state index contributed by atoms with van der Waals surface area (Å²) in [7, 11) is 1.28. The average molecular weight is 277 g/mol. The third-order valence-electron chi connectivity index (χ3n) is 2.82. The summed E-state index contributed by atoms with van der Waals surface area (Å²) >= 11 is 0. The second-order valence-corrected chi connectivity index (χ2v) is 4.47. The van der Waals surface area contributed by atoms with Gasteiger partial charge in [-0.05, 0) is 19.8 Å². The Morgan fingerprint density at radius 1 is 1.33 bits per heavy atom. The predicted octanol–water partition coefficient (Wildman–Crippen LogP) is 2.49. The van der Waals surface area contributed by atoms with Gasteiger partial charge in [-0.1, -0.05) is 13.8 Å². The molecule has 5 nitrogen and oxygen atoms in total. The lowest BCUT2D eigenvalue weighted by Crippen LogP contribution is -2.33. The fourth-order valence-corrected chi connectivity index (χ4v) is 1.96. The summed E-state index contributed by atoms with van der Waals surface area (Å²) in [6.45, 7) is 7.82. The topological polar surface area (TPSA) is 73.6 Å². The highest BCUT2D eigenvalue weighted by molar-refractivity contribution is 5.85. The van der Waals surface area contributed by atoms with Crippen LogP contribution in [0.1, 0.15) is 27.7 Å². The van der Waals surface area contributed by atoms with Crippen molar-refractivity contribution in [2.75, 3.05) is 7.11 Å². The van der Waals surface area contributed by atoms with E-state index in [0.29, 0.717) is 11.5 Å². The van der Waals surface area contributed by atoms with E-state index in [9.17, 15) is 4.79 Å². The van der Waals surface area contributed by atoms with E-state index >= 15 is 0 Å². The van der Waals surface area contributed by atoms with Gasteiger partial charge in [0, 0.05) is 11.4 Å². The number of allylic oxidation sites excluding steroid dienone is 2. The van der Waals surface area contributed by atoms with Crippen LogP contribution in [0.3, 0.4) is 0 Å². The summed E-state index contributed by atoms with van der Waals surface area (Å²) in [5, 5.41) is 3.09. The number of carbonyl (C=O) groups excluding carboxylic acids is 1. The lowest BCUT2D eigenvalue weighted by Gasteiger charge is -2.31. The van der Waals surface area contributed by atoms with E-state index in [-0.39, 0.29) is 24.2 Å². The molecule has 0 aromatic carbocycles. The molecule has 6 heteroatoms. The molecule has 0 amide bonds. The maximum atomic E-state index is 11.2. The standard InChI is InChI=1S/C12H20N2O3.ClH/c1-6(2)9-10(13)7(3)14-8(4)11(9)17-12(15)16-5;/h6,9,14H,13H2,1-5H3;1H. The molecule has 1 unspecified atom stereocenters. The number of halogens is 1. The maximum absolute atomic E-state index is 11.2. The summed E-state index contributed by atoms with van der Waals surface area (Å²) in [5.41, 5.74) is 8.44. The highest BCUT2D eigenvalue weighted by atomic mass is 35.5. The molecule has 1 aliphatic heterocycles. The number of hydrogen-bond acceptors (Lipinski definition) is 5. The van der Waals surface area contributed by atoms with Gasteiger partial charge in [0.25, 0.3) is 0 Å². The van der Waals surface area contributed by atoms with Gasteiger partial charge in [-0.2, -0.15) is 0 Å². The van der Waals surface area contributed by atoms with E-state index in [4.69, 9.17) is 10.5 Å². The van der Waals surface area contributed by atoms with E-state index in [1.54, 1.807) is 0 Å². The van der Waals surface area contributed by atoms with Crippen LogP contribution < -0.4 is 11.1 Å². The molecular weight excluding hydrogens is 256 g/mol. The molecule has 0 aromatic rings. The molecule has 18 heavy (non-hydrogen) atoms. The van der Waals surface area contributed by atoms with E-state index in [1.165, 1.54) is 7.11 Å². The van der Waals surface area contributed by atoms with Gasteiger partial charge in [0.1, 0.15) is 5.76 Å². The lowest BCUT2D eigenvalue weighted by atomic mass is 9.87. The number of nitrogens with one attached hydrogen (secondary N) is 1. The molecule has 0 aliphatic carbocycles. The Kier molecular flexibility index (Phi) is 6.05. The van der Waals surface area contributed by atoms with Gasteiger partial charge in [0.15, 0.2) is 0 Å². The van der Waals surface area contributed by atoms with Crippen LogP contribution in [0.15, 0.2) is 22.9 Å². The van der Waals surface area contributed by atoms with Crippen molar-refractivity contribution in [2.45, 2.75) is 27.7 Å². The predicted molar refractivity (Wildman–Crippen MR) is 71.8 cm³/mol. The van der Waals surface area contributed by atoms with Gasteiger partial charge in [0.05, 0.1) is 18.7 Å². The van der Waals surface area contributed by atoms with E-state index in [1.807, 2.05) is 27.7 Å². The molecular formula is C12H21ClN2O3. The third-order valence-corrected chi connectivity index (χ3v) is 2.82. The normalized spacial score (nSPS) is 19.3. The molecule has 1 atom stereocenters. The summed E-state index contributed by atoms with van der Waals surface area (Å²) in [6, 6.07) is 0. The van der Waals surface area contributed by atoms with E-state index < -0.39 is 6.16 Å². The van der Waals surface area contributed by atoms with Crippen molar-refractivity contribution >= 4 is 18.6 Å². The molecule has 0 aromatic heterocycles. The first-order valence-corrected chi connectivity index (χ1v) is 5.58. The first kappa shape index (κ1) is 16.6. The highest BCUT2D eigenvalue weighted by Crippen LogP contribution is 2.33. The molecule has 104 valence electrons. The zero-order valence-corrected chi connectivity index (χ0v) is 12.2. The Bertz CT molecular complexity index is 389. The number of methoxy groups -OCH3 is 1. The number of dihydropyridines is 1. The van der Waals surface area contributed by atoms with Crippen molar-refractivity contribution in [3.8, 4) is 0 Å². The van der Waals surface area contributed by atoms with Gasteiger partial charge < -0.3 is 20.5 Å². The highest BCUT2D eigenvalue weighted by Gasteiger charge is 2.31. The van der Waals surface area contributed by atoms with Crippen LogP contribution in [0.25, 0.3) is 0 Å². The minimum atomic E-state index is -0.723. The average Bonchev–Trinajstić information content (AvgIpc) is 2.25. The molecule has 0 bridgehead atoms. The number of hydrogen-bond donors (Lipinski definition) is 2. The summed E-state index contributed by atoms with van der Waals surface area (Å²) in [5.74, 6) is 0.673. The maximum Gasteiger partial charge on any atom is 0.513 e. The first-order valence-electron chi connectivity index (χ1n) is 5.58. The van der Waals surface area contributed by atoms with Crippen LogP contribution in [0, 0.1) is 11.8 Å². The smallest absolute Gasteiger partial charge is 0.437 e. The molecule has 0 radical (unpaired) electrons. The number of rotatable bonds is 2. The number of nitrogens with two attached hydrogens (primary N) is 1. The van der Waals surface area contributed by atoms with Crippen LogP contribution in [-0.4, -0.2) is 13.3 Å². The Balaban J connectivity index is 0.00000289. The molecule has 0 saturated heterocycles. The van der Waals surface area contributed by atoms with Gasteiger partial charge in [0.2, 0.25) is 0 Å². The minimum Gasteiger partial charge on any atom is -0.437 e. The van der Waals surface area contributed by atoms with Crippen LogP contribution >= 0.6 is 12.4 Å². The van der Waals surface area contributed by atoms with Crippen molar-refractivity contribution in [3.05, 3.63) is 22.9 Å². The number of carbonyl (C=O) groups is 1.